The Morgan fingerprint density at radius 2 is 2.00 bits per heavy atom. The molecule has 0 aliphatic carbocycles. The first-order valence-corrected chi connectivity index (χ1v) is 3.65. The Morgan fingerprint density at radius 3 is 2.50 bits per heavy atom. The number of rotatable bonds is 4. The quantitative estimate of drug-likeness (QED) is 0.462. The van der Waals surface area contributed by atoms with E-state index >= 15 is 0 Å². The molecule has 0 radical (unpaired) electrons. The predicted molar refractivity (Wildman–Crippen MR) is 42.4 cm³/mol. The lowest BCUT2D eigenvalue weighted by molar-refractivity contribution is -0.155. The standard InChI is InChI=1S/C8H12O4/c1-3-5-7(9)12-6-8(10)11-4-2/h3,5H,4,6H2,1-2H3/b5-3-. The molecule has 0 fully saturated rings. The van der Waals surface area contributed by atoms with Crippen molar-refractivity contribution < 1.29 is 19.1 Å². The second-order valence-electron chi connectivity index (χ2n) is 1.91. The van der Waals surface area contributed by atoms with Crippen LogP contribution in [0.5, 0.6) is 0 Å². The maximum atomic E-state index is 10.6. The summed E-state index contributed by atoms with van der Waals surface area (Å²) in [4.78, 5) is 21.3. The molecule has 0 aliphatic heterocycles. The topological polar surface area (TPSA) is 52.6 Å². The monoisotopic (exact) mass is 172 g/mol. The molecule has 0 aromatic rings. The third-order valence-corrected chi connectivity index (χ3v) is 0.940. The van der Waals surface area contributed by atoms with Gasteiger partial charge in [-0.3, -0.25) is 0 Å². The predicted octanol–water partition coefficient (Wildman–Crippen LogP) is 0.669. The van der Waals surface area contributed by atoms with Gasteiger partial charge in [0.2, 0.25) is 0 Å². The summed E-state index contributed by atoms with van der Waals surface area (Å²) in [5.74, 6) is -1.07. The van der Waals surface area contributed by atoms with Crippen LogP contribution < -0.4 is 0 Å². The molecule has 0 heterocycles. The molecule has 0 saturated carbocycles. The highest BCUT2D eigenvalue weighted by molar-refractivity contribution is 5.84. The van der Waals surface area contributed by atoms with Crippen molar-refractivity contribution in [3.63, 3.8) is 0 Å². The molecular formula is C8H12O4. The first kappa shape index (κ1) is 10.7. The van der Waals surface area contributed by atoms with Crippen molar-refractivity contribution in [2.24, 2.45) is 0 Å². The lowest BCUT2D eigenvalue weighted by atomic mass is 10.5. The number of ether oxygens (including phenoxy) is 2. The van der Waals surface area contributed by atoms with Gasteiger partial charge in [-0.2, -0.15) is 0 Å². The van der Waals surface area contributed by atoms with Crippen LogP contribution in [-0.2, 0) is 19.1 Å². The van der Waals surface area contributed by atoms with E-state index in [9.17, 15) is 9.59 Å². The second kappa shape index (κ2) is 6.39. The Kier molecular flexibility index (Phi) is 5.69. The number of esters is 2. The number of carbonyl (C=O) groups excluding carboxylic acids is 2. The van der Waals surface area contributed by atoms with E-state index in [-0.39, 0.29) is 6.61 Å². The van der Waals surface area contributed by atoms with Crippen LogP contribution in [-0.4, -0.2) is 25.2 Å². The fourth-order valence-corrected chi connectivity index (χ4v) is 0.517. The van der Waals surface area contributed by atoms with Crippen molar-refractivity contribution in [1.29, 1.82) is 0 Å². The Morgan fingerprint density at radius 1 is 1.33 bits per heavy atom. The Bertz CT molecular complexity index is 183. The van der Waals surface area contributed by atoms with Crippen molar-refractivity contribution in [1.82, 2.24) is 0 Å². The molecule has 0 amide bonds. The normalized spacial score (nSPS) is 9.83. The van der Waals surface area contributed by atoms with Gasteiger partial charge in [-0.15, -0.1) is 0 Å². The van der Waals surface area contributed by atoms with Crippen LogP contribution in [0.15, 0.2) is 12.2 Å². The zero-order valence-corrected chi connectivity index (χ0v) is 7.20. The van der Waals surface area contributed by atoms with Gasteiger partial charge in [0.05, 0.1) is 6.61 Å². The summed E-state index contributed by atoms with van der Waals surface area (Å²) < 4.78 is 9.03. The molecule has 4 heteroatoms. The largest absolute Gasteiger partial charge is 0.463 e. The van der Waals surface area contributed by atoms with E-state index in [0.29, 0.717) is 6.61 Å². The summed E-state index contributed by atoms with van der Waals surface area (Å²) in [6.45, 7) is 3.34. The molecular weight excluding hydrogens is 160 g/mol. The Hall–Kier alpha value is -1.32. The molecule has 0 atom stereocenters. The minimum Gasteiger partial charge on any atom is -0.463 e. The van der Waals surface area contributed by atoms with Crippen LogP contribution in [0.2, 0.25) is 0 Å². The molecule has 0 aliphatic rings. The molecule has 0 bridgehead atoms. The highest BCUT2D eigenvalue weighted by atomic mass is 16.6. The summed E-state index contributed by atoms with van der Waals surface area (Å²) in [6, 6.07) is 0. The molecule has 0 aromatic carbocycles. The van der Waals surface area contributed by atoms with Crippen molar-refractivity contribution >= 4 is 11.9 Å². The number of carbonyl (C=O) groups is 2. The number of allylic oxidation sites excluding steroid dienone is 1. The minimum absolute atomic E-state index is 0.292. The Labute approximate surface area is 71.2 Å². The van der Waals surface area contributed by atoms with Crippen LogP contribution in [0.1, 0.15) is 13.8 Å². The Balaban J connectivity index is 3.54. The summed E-state index contributed by atoms with van der Waals surface area (Å²) in [7, 11) is 0. The van der Waals surface area contributed by atoms with Gasteiger partial charge < -0.3 is 9.47 Å². The second-order valence-corrected chi connectivity index (χ2v) is 1.91. The van der Waals surface area contributed by atoms with Crippen LogP contribution in [0.25, 0.3) is 0 Å². The minimum atomic E-state index is -0.537. The van der Waals surface area contributed by atoms with Crippen LogP contribution in [0.4, 0.5) is 0 Å². The zero-order chi connectivity index (χ0) is 9.40. The zero-order valence-electron chi connectivity index (χ0n) is 7.20. The molecule has 0 rings (SSSR count). The third kappa shape index (κ3) is 5.46. The van der Waals surface area contributed by atoms with Gasteiger partial charge in [-0.05, 0) is 13.8 Å². The first-order valence-electron chi connectivity index (χ1n) is 3.65. The average molecular weight is 172 g/mol. The molecule has 12 heavy (non-hydrogen) atoms. The maximum Gasteiger partial charge on any atom is 0.344 e. The first-order chi connectivity index (χ1) is 5.70. The fraction of sp³-hybridized carbons (Fsp3) is 0.500. The summed E-state index contributed by atoms with van der Waals surface area (Å²) >= 11 is 0. The van der Waals surface area contributed by atoms with E-state index in [1.807, 2.05) is 0 Å². The van der Waals surface area contributed by atoms with Gasteiger partial charge in [-0.1, -0.05) is 6.08 Å². The summed E-state index contributed by atoms with van der Waals surface area (Å²) in [5.41, 5.74) is 0. The molecule has 0 saturated heterocycles. The molecule has 0 N–H and O–H groups in total. The lowest BCUT2D eigenvalue weighted by Gasteiger charge is -2.00. The molecule has 0 unspecified atom stereocenters. The van der Waals surface area contributed by atoms with E-state index in [1.54, 1.807) is 13.8 Å². The number of hydrogen-bond donors (Lipinski definition) is 0. The van der Waals surface area contributed by atoms with Crippen LogP contribution >= 0.6 is 0 Å². The van der Waals surface area contributed by atoms with E-state index in [1.165, 1.54) is 12.2 Å². The fourth-order valence-electron chi connectivity index (χ4n) is 0.517. The molecule has 0 spiro atoms. The van der Waals surface area contributed by atoms with E-state index < -0.39 is 11.9 Å². The van der Waals surface area contributed by atoms with Gasteiger partial charge >= 0.3 is 11.9 Å². The van der Waals surface area contributed by atoms with Gasteiger partial charge in [0.25, 0.3) is 0 Å². The summed E-state index contributed by atoms with van der Waals surface area (Å²) in [5, 5.41) is 0. The highest BCUT2D eigenvalue weighted by Gasteiger charge is 2.03. The lowest BCUT2D eigenvalue weighted by Crippen LogP contribution is -2.14. The van der Waals surface area contributed by atoms with Crippen molar-refractivity contribution in [3.8, 4) is 0 Å². The smallest absolute Gasteiger partial charge is 0.344 e. The number of hydrogen-bond acceptors (Lipinski definition) is 4. The average Bonchev–Trinajstić information content (AvgIpc) is 2.02. The van der Waals surface area contributed by atoms with Gasteiger partial charge in [0, 0.05) is 6.08 Å². The van der Waals surface area contributed by atoms with E-state index in [4.69, 9.17) is 0 Å². The SMILES string of the molecule is C/C=C\C(=O)OCC(=O)OCC. The van der Waals surface area contributed by atoms with Gasteiger partial charge in [0.15, 0.2) is 6.61 Å². The van der Waals surface area contributed by atoms with E-state index in [0.717, 1.165) is 0 Å². The molecule has 68 valence electrons. The van der Waals surface area contributed by atoms with Gasteiger partial charge in [-0.25, -0.2) is 9.59 Å². The third-order valence-electron chi connectivity index (χ3n) is 0.940. The van der Waals surface area contributed by atoms with Crippen molar-refractivity contribution in [3.05, 3.63) is 12.2 Å². The maximum absolute atomic E-state index is 10.6. The van der Waals surface area contributed by atoms with Crippen LogP contribution in [0.3, 0.4) is 0 Å². The van der Waals surface area contributed by atoms with Crippen molar-refractivity contribution in [2.75, 3.05) is 13.2 Å². The van der Waals surface area contributed by atoms with Crippen molar-refractivity contribution in [2.45, 2.75) is 13.8 Å². The molecule has 0 aromatic heterocycles. The summed E-state index contributed by atoms with van der Waals surface area (Å²) in [6.07, 6.45) is 2.77. The van der Waals surface area contributed by atoms with Crippen LogP contribution in [0, 0.1) is 0 Å². The van der Waals surface area contributed by atoms with E-state index in [2.05, 4.69) is 9.47 Å². The molecule has 4 nitrogen and oxygen atoms in total. The van der Waals surface area contributed by atoms with Gasteiger partial charge in [0.1, 0.15) is 0 Å². The highest BCUT2D eigenvalue weighted by Crippen LogP contribution is 1.84.